The Bertz CT molecular complexity index is 577. The van der Waals surface area contributed by atoms with E-state index in [0.717, 1.165) is 28.7 Å². The van der Waals surface area contributed by atoms with Gasteiger partial charge in [0.05, 0.1) is 0 Å². The first-order chi connectivity index (χ1) is 9.71. The fraction of sp³-hybridized carbons (Fsp3) is 0.286. The van der Waals surface area contributed by atoms with E-state index in [1.54, 1.807) is 6.07 Å². The number of hydrazine groups is 1. The Hall–Kier alpha value is -1.66. The largest absolute Gasteiger partial charge is 0.473 e. The number of nitrogens with two attached hydrogens (primary N) is 1. The average Bonchev–Trinajstić information content (AvgIpc) is 2.45. The Morgan fingerprint density at radius 3 is 2.85 bits per heavy atom. The number of nitrogens with one attached hydrogen (secondary N) is 1. The molecule has 0 radical (unpaired) electrons. The maximum atomic E-state index is 5.71. The molecule has 1 aromatic carbocycles. The van der Waals surface area contributed by atoms with Crippen LogP contribution in [0.5, 0.6) is 5.88 Å². The molecule has 0 saturated heterocycles. The molecular weight excluding hydrogens is 320 g/mol. The van der Waals surface area contributed by atoms with Crippen LogP contribution < -0.4 is 16.0 Å². The van der Waals surface area contributed by atoms with Crippen molar-refractivity contribution in [1.29, 1.82) is 0 Å². The number of benzene rings is 1. The summed E-state index contributed by atoms with van der Waals surface area (Å²) in [7, 11) is 0. The van der Waals surface area contributed by atoms with Crippen molar-refractivity contribution >= 4 is 21.7 Å². The third kappa shape index (κ3) is 4.18. The Morgan fingerprint density at radius 1 is 1.30 bits per heavy atom. The van der Waals surface area contributed by atoms with Gasteiger partial charge in [-0.2, -0.15) is 4.98 Å². The van der Waals surface area contributed by atoms with E-state index in [1.165, 1.54) is 0 Å². The van der Waals surface area contributed by atoms with E-state index in [4.69, 9.17) is 10.6 Å². The number of aryl methyl sites for hydroxylation is 1. The number of hydrogen-bond donors (Lipinski definition) is 2. The topological polar surface area (TPSA) is 73.1 Å². The zero-order chi connectivity index (χ0) is 14.4. The molecule has 5 nitrogen and oxygen atoms in total. The number of hydrogen-bond acceptors (Lipinski definition) is 5. The SMILES string of the molecule is CCCc1nc(NN)cc(OCc2cccc(Br)c2)n1. The van der Waals surface area contributed by atoms with Crippen LogP contribution in [0.1, 0.15) is 24.7 Å². The van der Waals surface area contributed by atoms with Gasteiger partial charge < -0.3 is 10.2 Å². The molecule has 0 fully saturated rings. The molecule has 106 valence electrons. The molecule has 0 unspecified atom stereocenters. The monoisotopic (exact) mass is 336 g/mol. The third-order valence-corrected chi connectivity index (χ3v) is 3.14. The van der Waals surface area contributed by atoms with Crippen LogP contribution in [0.25, 0.3) is 0 Å². The minimum atomic E-state index is 0.450. The number of halogens is 1. The van der Waals surface area contributed by atoms with Crippen LogP contribution in [-0.4, -0.2) is 9.97 Å². The van der Waals surface area contributed by atoms with Gasteiger partial charge in [0.25, 0.3) is 0 Å². The zero-order valence-corrected chi connectivity index (χ0v) is 12.9. The first-order valence-electron chi connectivity index (χ1n) is 6.43. The molecule has 0 aliphatic carbocycles. The smallest absolute Gasteiger partial charge is 0.219 e. The van der Waals surface area contributed by atoms with Crippen LogP contribution >= 0.6 is 15.9 Å². The van der Waals surface area contributed by atoms with Crippen molar-refractivity contribution in [3.63, 3.8) is 0 Å². The molecule has 20 heavy (non-hydrogen) atoms. The lowest BCUT2D eigenvalue weighted by Gasteiger charge is -2.09. The summed E-state index contributed by atoms with van der Waals surface area (Å²) in [6, 6.07) is 9.65. The van der Waals surface area contributed by atoms with Crippen LogP contribution in [-0.2, 0) is 13.0 Å². The fourth-order valence-electron chi connectivity index (χ4n) is 1.74. The van der Waals surface area contributed by atoms with Gasteiger partial charge in [0.1, 0.15) is 18.2 Å². The highest BCUT2D eigenvalue weighted by Crippen LogP contribution is 2.17. The Balaban J connectivity index is 2.10. The van der Waals surface area contributed by atoms with Crippen molar-refractivity contribution in [2.75, 3.05) is 5.43 Å². The van der Waals surface area contributed by atoms with Crippen molar-refractivity contribution in [3.05, 3.63) is 46.2 Å². The first kappa shape index (κ1) is 14.7. The van der Waals surface area contributed by atoms with E-state index in [1.807, 2.05) is 24.3 Å². The molecule has 0 saturated carbocycles. The number of nitrogens with zero attached hydrogens (tertiary/aromatic N) is 2. The molecule has 6 heteroatoms. The lowest BCUT2D eigenvalue weighted by molar-refractivity contribution is 0.292. The second-order valence-corrected chi connectivity index (χ2v) is 5.24. The molecule has 0 aliphatic rings. The first-order valence-corrected chi connectivity index (χ1v) is 7.22. The van der Waals surface area contributed by atoms with Crippen molar-refractivity contribution in [1.82, 2.24) is 9.97 Å². The van der Waals surface area contributed by atoms with Gasteiger partial charge in [0, 0.05) is 17.0 Å². The van der Waals surface area contributed by atoms with Crippen LogP contribution in [0.4, 0.5) is 5.82 Å². The Labute approximate surface area is 126 Å². The molecule has 1 heterocycles. The van der Waals surface area contributed by atoms with Gasteiger partial charge in [-0.25, -0.2) is 10.8 Å². The Kier molecular flexibility index (Phi) is 5.31. The Morgan fingerprint density at radius 2 is 2.15 bits per heavy atom. The predicted molar refractivity (Wildman–Crippen MR) is 82.3 cm³/mol. The highest BCUT2D eigenvalue weighted by Gasteiger charge is 2.05. The van der Waals surface area contributed by atoms with E-state index in [9.17, 15) is 0 Å². The lowest BCUT2D eigenvalue weighted by atomic mass is 10.2. The maximum Gasteiger partial charge on any atom is 0.219 e. The summed E-state index contributed by atoms with van der Waals surface area (Å²) in [6.07, 6.45) is 1.77. The number of rotatable bonds is 6. The minimum absolute atomic E-state index is 0.450. The quantitative estimate of drug-likeness (QED) is 0.626. The molecule has 0 aliphatic heterocycles. The van der Waals surface area contributed by atoms with Crippen molar-refractivity contribution in [3.8, 4) is 5.88 Å². The van der Waals surface area contributed by atoms with Gasteiger partial charge >= 0.3 is 0 Å². The van der Waals surface area contributed by atoms with Gasteiger partial charge in [0.15, 0.2) is 0 Å². The zero-order valence-electron chi connectivity index (χ0n) is 11.3. The summed E-state index contributed by atoms with van der Waals surface area (Å²) in [5.74, 6) is 7.22. The van der Waals surface area contributed by atoms with Gasteiger partial charge in [-0.1, -0.05) is 35.0 Å². The maximum absolute atomic E-state index is 5.71. The van der Waals surface area contributed by atoms with Crippen molar-refractivity contribution in [2.24, 2.45) is 5.84 Å². The van der Waals surface area contributed by atoms with Crippen LogP contribution in [0.15, 0.2) is 34.8 Å². The fourth-order valence-corrected chi connectivity index (χ4v) is 2.19. The summed E-state index contributed by atoms with van der Waals surface area (Å²) < 4.78 is 6.73. The number of aromatic nitrogens is 2. The van der Waals surface area contributed by atoms with Crippen molar-refractivity contribution < 1.29 is 4.74 Å². The van der Waals surface area contributed by atoms with Crippen LogP contribution in [0.2, 0.25) is 0 Å². The van der Waals surface area contributed by atoms with Gasteiger partial charge in [-0.05, 0) is 24.1 Å². The molecule has 1 aromatic heterocycles. The van der Waals surface area contributed by atoms with E-state index in [0.29, 0.717) is 18.3 Å². The highest BCUT2D eigenvalue weighted by molar-refractivity contribution is 9.10. The van der Waals surface area contributed by atoms with E-state index < -0.39 is 0 Å². The van der Waals surface area contributed by atoms with E-state index in [-0.39, 0.29) is 0 Å². The molecule has 0 spiro atoms. The number of anilines is 1. The molecule has 2 rings (SSSR count). The highest BCUT2D eigenvalue weighted by atomic mass is 79.9. The molecule has 2 aromatic rings. The molecule has 0 amide bonds. The summed E-state index contributed by atoms with van der Waals surface area (Å²) >= 11 is 3.44. The molecule has 0 bridgehead atoms. The van der Waals surface area contributed by atoms with Gasteiger partial charge in [-0.15, -0.1) is 0 Å². The average molecular weight is 337 g/mol. The van der Waals surface area contributed by atoms with Gasteiger partial charge in [-0.3, -0.25) is 0 Å². The summed E-state index contributed by atoms with van der Waals surface area (Å²) in [6.45, 7) is 2.53. The molecular formula is C14H17BrN4O. The van der Waals surface area contributed by atoms with Crippen LogP contribution in [0.3, 0.4) is 0 Å². The van der Waals surface area contributed by atoms with E-state index in [2.05, 4.69) is 38.2 Å². The predicted octanol–water partition coefficient (Wildman–Crippen LogP) is 3.06. The number of ether oxygens (including phenoxy) is 1. The summed E-state index contributed by atoms with van der Waals surface area (Å²) in [5.41, 5.74) is 3.60. The summed E-state index contributed by atoms with van der Waals surface area (Å²) in [5, 5.41) is 0. The number of nitrogen functional groups attached to an aromatic ring is 1. The van der Waals surface area contributed by atoms with Crippen LogP contribution in [0, 0.1) is 0 Å². The normalized spacial score (nSPS) is 10.3. The second kappa shape index (κ2) is 7.21. The third-order valence-electron chi connectivity index (χ3n) is 2.65. The minimum Gasteiger partial charge on any atom is -0.473 e. The second-order valence-electron chi connectivity index (χ2n) is 4.32. The van der Waals surface area contributed by atoms with Gasteiger partial charge in [0.2, 0.25) is 5.88 Å². The standard InChI is InChI=1S/C14H17BrN4O/c1-2-4-12-17-13(19-16)8-14(18-12)20-9-10-5-3-6-11(15)7-10/h3,5-8H,2,4,9,16H2,1H3,(H,17,18,19). The van der Waals surface area contributed by atoms with Crippen molar-refractivity contribution in [2.45, 2.75) is 26.4 Å². The summed E-state index contributed by atoms with van der Waals surface area (Å²) in [4.78, 5) is 8.64. The molecule has 0 atom stereocenters. The lowest BCUT2D eigenvalue weighted by Crippen LogP contribution is -2.11. The molecule has 3 N–H and O–H groups in total. The van der Waals surface area contributed by atoms with E-state index >= 15 is 0 Å².